The first kappa shape index (κ1) is 11.6. The molecular formula is C11H17NO3. The normalized spacial score (nSPS) is 11.3. The molecule has 84 valence electrons. The highest BCUT2D eigenvalue weighted by Gasteiger charge is 2.19. The molecule has 4 nitrogen and oxygen atoms in total. The van der Waals surface area contributed by atoms with Crippen LogP contribution in [0, 0.1) is 0 Å². The molecule has 1 heterocycles. The van der Waals surface area contributed by atoms with Gasteiger partial charge in [0.05, 0.1) is 12.7 Å². The summed E-state index contributed by atoms with van der Waals surface area (Å²) >= 11 is 0. The van der Waals surface area contributed by atoms with Crippen molar-refractivity contribution in [3.8, 4) is 5.88 Å². The van der Waals surface area contributed by atoms with Gasteiger partial charge in [-0.25, -0.2) is 4.79 Å². The maximum absolute atomic E-state index is 11.7. The van der Waals surface area contributed by atoms with Crippen LogP contribution in [-0.4, -0.2) is 23.2 Å². The van der Waals surface area contributed by atoms with Crippen LogP contribution < -0.4 is 4.74 Å². The smallest absolute Gasteiger partial charge is 0.340 e. The number of esters is 1. The largest absolute Gasteiger partial charge is 0.482 e. The Labute approximate surface area is 89.8 Å². The Bertz CT molecular complexity index is 360. The molecule has 1 aromatic rings. The Morgan fingerprint density at radius 3 is 2.40 bits per heavy atom. The van der Waals surface area contributed by atoms with Crippen LogP contribution in [0.5, 0.6) is 5.88 Å². The minimum Gasteiger partial charge on any atom is -0.482 e. The third-order valence-corrected chi connectivity index (χ3v) is 1.80. The van der Waals surface area contributed by atoms with Crippen molar-refractivity contribution in [1.82, 2.24) is 4.57 Å². The molecule has 0 N–H and O–H groups in total. The van der Waals surface area contributed by atoms with Gasteiger partial charge < -0.3 is 14.0 Å². The van der Waals surface area contributed by atoms with Crippen LogP contribution in [0.3, 0.4) is 0 Å². The number of carbonyl (C=O) groups is 1. The molecule has 0 amide bonds. The molecule has 0 atom stereocenters. The topological polar surface area (TPSA) is 40.5 Å². The van der Waals surface area contributed by atoms with E-state index in [4.69, 9.17) is 9.47 Å². The van der Waals surface area contributed by atoms with Crippen molar-refractivity contribution in [2.24, 2.45) is 7.05 Å². The maximum atomic E-state index is 11.7. The number of aromatic nitrogens is 1. The number of hydrogen-bond acceptors (Lipinski definition) is 3. The Kier molecular flexibility index (Phi) is 3.07. The highest BCUT2D eigenvalue weighted by molar-refractivity contribution is 5.90. The van der Waals surface area contributed by atoms with E-state index in [0.29, 0.717) is 11.4 Å². The summed E-state index contributed by atoms with van der Waals surface area (Å²) in [5.41, 5.74) is 0.0319. The molecule has 0 aliphatic heterocycles. The summed E-state index contributed by atoms with van der Waals surface area (Å²) in [7, 11) is 3.38. The molecule has 0 saturated heterocycles. The van der Waals surface area contributed by atoms with Crippen molar-refractivity contribution >= 4 is 5.97 Å². The van der Waals surface area contributed by atoms with E-state index in [-0.39, 0.29) is 5.97 Å². The highest BCUT2D eigenvalue weighted by Crippen LogP contribution is 2.18. The molecule has 0 unspecified atom stereocenters. The van der Waals surface area contributed by atoms with E-state index in [0.717, 1.165) is 0 Å². The third-order valence-electron chi connectivity index (χ3n) is 1.80. The van der Waals surface area contributed by atoms with E-state index in [1.54, 1.807) is 23.9 Å². The van der Waals surface area contributed by atoms with E-state index in [9.17, 15) is 4.79 Å². The molecule has 1 aromatic heterocycles. The molecule has 0 bridgehead atoms. The zero-order chi connectivity index (χ0) is 11.6. The number of hydrogen-bond donors (Lipinski definition) is 0. The van der Waals surface area contributed by atoms with Gasteiger partial charge in [0.2, 0.25) is 0 Å². The van der Waals surface area contributed by atoms with Crippen molar-refractivity contribution in [2.45, 2.75) is 26.4 Å². The Morgan fingerprint density at radius 1 is 1.40 bits per heavy atom. The number of carbonyl (C=O) groups excluding carboxylic acids is 1. The van der Waals surface area contributed by atoms with Crippen LogP contribution in [-0.2, 0) is 11.8 Å². The first-order valence-corrected chi connectivity index (χ1v) is 4.77. The fourth-order valence-electron chi connectivity index (χ4n) is 1.20. The lowest BCUT2D eigenvalue weighted by molar-refractivity contribution is 0.00694. The predicted octanol–water partition coefficient (Wildman–Crippen LogP) is 1.99. The summed E-state index contributed by atoms with van der Waals surface area (Å²) in [6.45, 7) is 5.52. The van der Waals surface area contributed by atoms with Gasteiger partial charge in [-0.2, -0.15) is 0 Å². The first-order chi connectivity index (χ1) is 6.83. The second-order valence-corrected chi connectivity index (χ2v) is 4.38. The summed E-state index contributed by atoms with van der Waals surface area (Å²) < 4.78 is 12.0. The molecule has 0 radical (unpaired) electrons. The van der Waals surface area contributed by atoms with E-state index in [1.165, 1.54) is 0 Å². The van der Waals surface area contributed by atoms with Gasteiger partial charge in [0.25, 0.3) is 0 Å². The minimum atomic E-state index is -0.472. The average Bonchev–Trinajstić information content (AvgIpc) is 2.43. The second-order valence-electron chi connectivity index (χ2n) is 4.38. The van der Waals surface area contributed by atoms with Gasteiger partial charge in [0.1, 0.15) is 5.60 Å². The number of aryl methyl sites for hydroxylation is 1. The standard InChI is InChI=1S/C11H17NO3/c1-11(2,3)15-10(13)8-6-9(14-5)12(4)7-8/h6-7H,1-5H3. The fraction of sp³-hybridized carbons (Fsp3) is 0.545. The first-order valence-electron chi connectivity index (χ1n) is 4.77. The van der Waals surface area contributed by atoms with Crippen LogP contribution in [0.1, 0.15) is 31.1 Å². The van der Waals surface area contributed by atoms with E-state index >= 15 is 0 Å². The van der Waals surface area contributed by atoms with Crippen molar-refractivity contribution in [1.29, 1.82) is 0 Å². The Hall–Kier alpha value is -1.45. The lowest BCUT2D eigenvalue weighted by atomic mass is 10.2. The SMILES string of the molecule is COc1cc(C(=O)OC(C)(C)C)cn1C. The van der Waals surface area contributed by atoms with E-state index in [2.05, 4.69) is 0 Å². The predicted molar refractivity (Wildman–Crippen MR) is 57.1 cm³/mol. The van der Waals surface area contributed by atoms with Gasteiger partial charge in [0.15, 0.2) is 5.88 Å². The summed E-state index contributed by atoms with van der Waals surface area (Å²) in [4.78, 5) is 11.7. The van der Waals surface area contributed by atoms with Crippen molar-refractivity contribution in [2.75, 3.05) is 7.11 Å². The van der Waals surface area contributed by atoms with Gasteiger partial charge in [-0.3, -0.25) is 0 Å². The summed E-state index contributed by atoms with van der Waals surface area (Å²) in [5.74, 6) is 0.303. The highest BCUT2D eigenvalue weighted by atomic mass is 16.6. The van der Waals surface area contributed by atoms with Gasteiger partial charge in [-0.15, -0.1) is 0 Å². The van der Waals surface area contributed by atoms with Gasteiger partial charge in [-0.1, -0.05) is 0 Å². The maximum Gasteiger partial charge on any atom is 0.340 e. The van der Waals surface area contributed by atoms with Crippen LogP contribution in [0.15, 0.2) is 12.3 Å². The fourth-order valence-corrected chi connectivity index (χ4v) is 1.20. The zero-order valence-corrected chi connectivity index (χ0v) is 9.83. The molecule has 4 heteroatoms. The van der Waals surface area contributed by atoms with Gasteiger partial charge in [-0.05, 0) is 20.8 Å². The second kappa shape index (κ2) is 3.96. The lowest BCUT2D eigenvalue weighted by Crippen LogP contribution is -2.23. The lowest BCUT2D eigenvalue weighted by Gasteiger charge is -2.18. The number of rotatable bonds is 2. The van der Waals surface area contributed by atoms with Crippen molar-refractivity contribution in [3.05, 3.63) is 17.8 Å². The number of methoxy groups -OCH3 is 1. The molecule has 0 aliphatic rings. The van der Waals surface area contributed by atoms with Crippen LogP contribution in [0.25, 0.3) is 0 Å². The van der Waals surface area contributed by atoms with Gasteiger partial charge in [0, 0.05) is 19.3 Å². The molecule has 0 saturated carbocycles. The Balaban J connectivity index is 2.83. The quantitative estimate of drug-likeness (QED) is 0.702. The minimum absolute atomic E-state index is 0.332. The zero-order valence-electron chi connectivity index (χ0n) is 9.83. The summed E-state index contributed by atoms with van der Waals surface area (Å²) in [6, 6.07) is 1.66. The Morgan fingerprint density at radius 2 is 2.00 bits per heavy atom. The molecule has 0 aliphatic carbocycles. The molecule has 15 heavy (non-hydrogen) atoms. The molecule has 1 rings (SSSR count). The number of nitrogens with zero attached hydrogens (tertiary/aromatic N) is 1. The monoisotopic (exact) mass is 211 g/mol. The summed E-state index contributed by atoms with van der Waals surface area (Å²) in [5, 5.41) is 0. The molecular weight excluding hydrogens is 194 g/mol. The van der Waals surface area contributed by atoms with Crippen LogP contribution >= 0.6 is 0 Å². The molecule has 0 aromatic carbocycles. The van der Waals surface area contributed by atoms with Crippen molar-refractivity contribution < 1.29 is 14.3 Å². The summed E-state index contributed by atoms with van der Waals surface area (Å²) in [6.07, 6.45) is 1.69. The average molecular weight is 211 g/mol. The van der Waals surface area contributed by atoms with Crippen molar-refractivity contribution in [3.63, 3.8) is 0 Å². The van der Waals surface area contributed by atoms with E-state index < -0.39 is 5.60 Å². The molecule has 0 spiro atoms. The van der Waals surface area contributed by atoms with E-state index in [1.807, 2.05) is 27.8 Å². The van der Waals surface area contributed by atoms with Crippen LogP contribution in [0.2, 0.25) is 0 Å². The van der Waals surface area contributed by atoms with Crippen LogP contribution in [0.4, 0.5) is 0 Å². The molecule has 0 fully saturated rings. The number of ether oxygens (including phenoxy) is 2. The third kappa shape index (κ3) is 3.01. The van der Waals surface area contributed by atoms with Gasteiger partial charge >= 0.3 is 5.97 Å².